The van der Waals surface area contributed by atoms with Crippen LogP contribution in [0.4, 0.5) is 0 Å². The molecule has 0 unspecified atom stereocenters. The third kappa shape index (κ3) is 4.78. The van der Waals surface area contributed by atoms with Crippen molar-refractivity contribution in [2.45, 2.75) is 19.9 Å². The lowest BCUT2D eigenvalue weighted by atomic mass is 10.1. The number of hydrogen-bond acceptors (Lipinski definition) is 4. The van der Waals surface area contributed by atoms with Crippen molar-refractivity contribution in [2.75, 3.05) is 6.61 Å². The van der Waals surface area contributed by atoms with Crippen molar-refractivity contribution < 1.29 is 14.6 Å². The minimum absolute atomic E-state index is 0.0722. The van der Waals surface area contributed by atoms with Gasteiger partial charge in [-0.05, 0) is 43.2 Å². The Morgan fingerprint density at radius 3 is 2.69 bits per heavy atom. The number of carbonyl (C=O) groups is 1. The number of rotatable bonds is 6. The number of nitrogens with zero attached hydrogens (tertiary/aromatic N) is 1. The first kappa shape index (κ1) is 19.4. The number of amides is 1. The fourth-order valence-corrected chi connectivity index (χ4v) is 2.58. The Hall–Kier alpha value is -2.97. The molecule has 0 radical (unpaired) electrons. The standard InChI is InChI=1S/C20H19ClN2O3/c1-3-26-18-11-14(10-17(21)19(18)24)9-16(12-22)20(25)23-13(2)15-7-5-4-6-8-15/h4-11,13,24H,3H2,1-2H3,(H,23,25)/b16-9+/t13-/m1/s1. The number of nitrogens with one attached hydrogen (secondary N) is 1. The lowest BCUT2D eigenvalue weighted by Crippen LogP contribution is -2.27. The molecule has 1 atom stereocenters. The summed E-state index contributed by atoms with van der Waals surface area (Å²) in [5.74, 6) is -0.473. The van der Waals surface area contributed by atoms with Crippen LogP contribution in [0, 0.1) is 11.3 Å². The van der Waals surface area contributed by atoms with Crippen LogP contribution in [0.5, 0.6) is 11.5 Å². The maximum atomic E-state index is 12.4. The topological polar surface area (TPSA) is 82.3 Å². The Bertz CT molecular complexity index is 857. The summed E-state index contributed by atoms with van der Waals surface area (Å²) in [4.78, 5) is 12.4. The number of carbonyl (C=O) groups excluding carboxylic acids is 1. The highest BCUT2D eigenvalue weighted by Gasteiger charge is 2.15. The van der Waals surface area contributed by atoms with Crippen LogP contribution >= 0.6 is 11.6 Å². The number of ether oxygens (including phenoxy) is 1. The van der Waals surface area contributed by atoms with E-state index in [9.17, 15) is 15.2 Å². The first-order valence-electron chi connectivity index (χ1n) is 8.09. The van der Waals surface area contributed by atoms with Crippen LogP contribution in [0.15, 0.2) is 48.0 Å². The summed E-state index contributed by atoms with van der Waals surface area (Å²) in [6, 6.07) is 14.1. The molecule has 0 fully saturated rings. The van der Waals surface area contributed by atoms with Gasteiger partial charge in [0.25, 0.3) is 5.91 Å². The van der Waals surface area contributed by atoms with Gasteiger partial charge in [0.15, 0.2) is 11.5 Å². The molecule has 6 heteroatoms. The van der Waals surface area contributed by atoms with E-state index < -0.39 is 5.91 Å². The molecule has 0 aliphatic carbocycles. The number of aromatic hydroxyl groups is 1. The Morgan fingerprint density at radius 2 is 2.08 bits per heavy atom. The average molecular weight is 371 g/mol. The van der Waals surface area contributed by atoms with E-state index in [0.29, 0.717) is 12.2 Å². The number of halogens is 1. The van der Waals surface area contributed by atoms with Crippen molar-refractivity contribution in [1.82, 2.24) is 5.32 Å². The van der Waals surface area contributed by atoms with Gasteiger partial charge in [-0.15, -0.1) is 0 Å². The number of phenols is 1. The SMILES string of the molecule is CCOc1cc(/C=C(\C#N)C(=O)N[C@H](C)c2ccccc2)cc(Cl)c1O. The van der Waals surface area contributed by atoms with Gasteiger partial charge in [-0.25, -0.2) is 0 Å². The van der Waals surface area contributed by atoms with E-state index in [1.807, 2.05) is 43.3 Å². The van der Waals surface area contributed by atoms with Gasteiger partial charge >= 0.3 is 0 Å². The molecule has 0 bridgehead atoms. The average Bonchev–Trinajstić information content (AvgIpc) is 2.64. The summed E-state index contributed by atoms with van der Waals surface area (Å²) in [7, 11) is 0. The van der Waals surface area contributed by atoms with Crippen molar-refractivity contribution in [3.63, 3.8) is 0 Å². The zero-order valence-corrected chi connectivity index (χ0v) is 15.2. The highest BCUT2D eigenvalue weighted by atomic mass is 35.5. The van der Waals surface area contributed by atoms with Gasteiger partial charge in [0.2, 0.25) is 0 Å². The molecule has 0 saturated heterocycles. The minimum atomic E-state index is -0.494. The Morgan fingerprint density at radius 1 is 1.38 bits per heavy atom. The number of benzene rings is 2. The van der Waals surface area contributed by atoms with E-state index in [-0.39, 0.29) is 28.1 Å². The van der Waals surface area contributed by atoms with Gasteiger partial charge in [-0.1, -0.05) is 41.9 Å². The molecule has 134 valence electrons. The van der Waals surface area contributed by atoms with E-state index in [1.54, 1.807) is 6.92 Å². The van der Waals surface area contributed by atoms with Crippen LogP contribution in [0.1, 0.15) is 31.0 Å². The van der Waals surface area contributed by atoms with Gasteiger partial charge in [0.1, 0.15) is 11.6 Å². The molecule has 0 aliphatic heterocycles. The summed E-state index contributed by atoms with van der Waals surface area (Å²) < 4.78 is 5.31. The van der Waals surface area contributed by atoms with Crippen LogP contribution in [-0.4, -0.2) is 17.6 Å². The quantitative estimate of drug-likeness (QED) is 0.589. The number of hydrogen-bond donors (Lipinski definition) is 2. The number of phenolic OH excluding ortho intramolecular Hbond substituents is 1. The molecule has 26 heavy (non-hydrogen) atoms. The summed E-state index contributed by atoms with van der Waals surface area (Å²) in [6.45, 7) is 3.96. The predicted octanol–water partition coefficient (Wildman–Crippen LogP) is 4.23. The van der Waals surface area contributed by atoms with Crippen molar-refractivity contribution in [3.05, 3.63) is 64.2 Å². The zero-order chi connectivity index (χ0) is 19.1. The fourth-order valence-electron chi connectivity index (χ4n) is 2.36. The maximum absolute atomic E-state index is 12.4. The normalized spacial score (nSPS) is 12.2. The number of nitriles is 1. The third-order valence-electron chi connectivity index (χ3n) is 3.67. The van der Waals surface area contributed by atoms with Crippen LogP contribution in [0.3, 0.4) is 0 Å². The molecule has 2 aromatic rings. The lowest BCUT2D eigenvalue weighted by Gasteiger charge is -2.14. The van der Waals surface area contributed by atoms with Crippen LogP contribution in [0.2, 0.25) is 5.02 Å². The molecule has 0 aliphatic rings. The smallest absolute Gasteiger partial charge is 0.262 e. The summed E-state index contributed by atoms with van der Waals surface area (Å²) in [5, 5.41) is 22.1. The van der Waals surface area contributed by atoms with Crippen LogP contribution in [0.25, 0.3) is 6.08 Å². The Balaban J connectivity index is 2.24. The molecule has 2 N–H and O–H groups in total. The first-order valence-corrected chi connectivity index (χ1v) is 8.47. The van der Waals surface area contributed by atoms with Crippen LogP contribution < -0.4 is 10.1 Å². The molecule has 0 aromatic heterocycles. The minimum Gasteiger partial charge on any atom is -0.503 e. The molecule has 0 saturated carbocycles. The van der Waals surface area contributed by atoms with Crippen molar-refractivity contribution in [2.24, 2.45) is 0 Å². The molecular weight excluding hydrogens is 352 g/mol. The van der Waals surface area contributed by atoms with Gasteiger partial charge in [0.05, 0.1) is 17.7 Å². The van der Waals surface area contributed by atoms with Gasteiger partial charge < -0.3 is 15.2 Å². The van der Waals surface area contributed by atoms with Gasteiger partial charge in [0, 0.05) is 0 Å². The van der Waals surface area contributed by atoms with Crippen LogP contribution in [-0.2, 0) is 4.79 Å². The third-order valence-corrected chi connectivity index (χ3v) is 3.96. The molecule has 5 nitrogen and oxygen atoms in total. The first-order chi connectivity index (χ1) is 12.5. The van der Waals surface area contributed by atoms with E-state index in [1.165, 1.54) is 18.2 Å². The summed E-state index contributed by atoms with van der Waals surface area (Å²) in [5.41, 5.74) is 1.34. The lowest BCUT2D eigenvalue weighted by molar-refractivity contribution is -0.117. The molecule has 2 rings (SSSR count). The van der Waals surface area contributed by atoms with Gasteiger partial charge in [-0.2, -0.15) is 5.26 Å². The molecule has 0 spiro atoms. The fraction of sp³-hybridized carbons (Fsp3) is 0.200. The largest absolute Gasteiger partial charge is 0.503 e. The van der Waals surface area contributed by atoms with E-state index >= 15 is 0 Å². The molecule has 0 heterocycles. The predicted molar refractivity (Wildman–Crippen MR) is 101 cm³/mol. The van der Waals surface area contributed by atoms with Crippen molar-refractivity contribution in [1.29, 1.82) is 5.26 Å². The molecular formula is C20H19ClN2O3. The molecule has 1 amide bonds. The molecule has 2 aromatic carbocycles. The van der Waals surface area contributed by atoms with E-state index in [0.717, 1.165) is 5.56 Å². The van der Waals surface area contributed by atoms with Crippen molar-refractivity contribution in [3.8, 4) is 17.6 Å². The Labute approximate surface area is 157 Å². The summed E-state index contributed by atoms with van der Waals surface area (Å²) >= 11 is 5.98. The zero-order valence-electron chi connectivity index (χ0n) is 14.5. The highest BCUT2D eigenvalue weighted by Crippen LogP contribution is 2.35. The second-order valence-electron chi connectivity index (χ2n) is 5.56. The monoisotopic (exact) mass is 370 g/mol. The Kier molecular flexibility index (Phi) is 6.65. The van der Waals surface area contributed by atoms with E-state index in [4.69, 9.17) is 16.3 Å². The summed E-state index contributed by atoms with van der Waals surface area (Å²) in [6.07, 6.45) is 1.40. The highest BCUT2D eigenvalue weighted by molar-refractivity contribution is 6.32. The van der Waals surface area contributed by atoms with Gasteiger partial charge in [-0.3, -0.25) is 4.79 Å². The second-order valence-corrected chi connectivity index (χ2v) is 5.97. The van der Waals surface area contributed by atoms with Crippen molar-refractivity contribution >= 4 is 23.6 Å². The second kappa shape index (κ2) is 8.93. The maximum Gasteiger partial charge on any atom is 0.262 e. The van der Waals surface area contributed by atoms with E-state index in [2.05, 4.69) is 5.32 Å².